The number of ether oxygens (including phenoxy) is 1. The van der Waals surface area contributed by atoms with Crippen LogP contribution in [-0.4, -0.2) is 49.4 Å². The summed E-state index contributed by atoms with van der Waals surface area (Å²) in [6.45, 7) is 8.04. The highest BCUT2D eigenvalue weighted by atomic mass is 35.5. The highest BCUT2D eigenvalue weighted by Crippen LogP contribution is 2.37. The third-order valence-electron chi connectivity index (χ3n) is 7.06. The molecule has 8 heteroatoms. The van der Waals surface area contributed by atoms with Crippen molar-refractivity contribution in [1.29, 1.82) is 0 Å². The van der Waals surface area contributed by atoms with E-state index < -0.39 is 5.60 Å². The van der Waals surface area contributed by atoms with Gasteiger partial charge in [-0.05, 0) is 58.4 Å². The number of carbonyl (C=O) groups excluding carboxylic acids is 1. The fourth-order valence-electron chi connectivity index (χ4n) is 5.33. The number of pyridine rings is 1. The number of nitrogens with zero attached hydrogens (tertiary/aromatic N) is 4. The summed E-state index contributed by atoms with van der Waals surface area (Å²) in [7, 11) is 0. The Morgan fingerprint density at radius 3 is 2.62 bits per heavy atom. The molecule has 1 aliphatic carbocycles. The van der Waals surface area contributed by atoms with Crippen LogP contribution in [0.4, 0.5) is 4.79 Å². The Bertz CT molecular complexity index is 1160. The first kappa shape index (κ1) is 23.2. The third kappa shape index (κ3) is 4.95. The molecular weight excluding hydrogens is 450 g/mol. The molecule has 5 rings (SSSR count). The minimum atomic E-state index is -0.475. The van der Waals surface area contributed by atoms with Crippen molar-refractivity contribution in [1.82, 2.24) is 24.6 Å². The first-order valence-corrected chi connectivity index (χ1v) is 12.8. The molecule has 2 fully saturated rings. The van der Waals surface area contributed by atoms with Gasteiger partial charge in [0.2, 0.25) is 0 Å². The lowest BCUT2D eigenvalue weighted by atomic mass is 9.93. The molecule has 0 radical (unpaired) electrons. The lowest BCUT2D eigenvalue weighted by Crippen LogP contribution is -2.41. The summed E-state index contributed by atoms with van der Waals surface area (Å²) in [5, 5.41) is 6.29. The molecule has 182 valence electrons. The summed E-state index contributed by atoms with van der Waals surface area (Å²) in [5.74, 6) is 1.07. The maximum atomic E-state index is 12.4. The highest BCUT2D eigenvalue weighted by Gasteiger charge is 2.28. The third-order valence-corrected chi connectivity index (χ3v) is 7.35. The van der Waals surface area contributed by atoms with Crippen molar-refractivity contribution in [2.75, 3.05) is 13.1 Å². The number of amides is 1. The Balaban J connectivity index is 1.33. The number of hydrogen-bond donors (Lipinski definition) is 1. The minimum absolute atomic E-state index is 0.229. The van der Waals surface area contributed by atoms with E-state index in [9.17, 15) is 4.79 Å². The zero-order chi connectivity index (χ0) is 23.9. The molecule has 4 heterocycles. The fraction of sp³-hybridized carbons (Fsp3) is 0.577. The van der Waals surface area contributed by atoms with E-state index in [0.717, 1.165) is 53.2 Å². The first-order valence-electron chi connectivity index (χ1n) is 12.4. The van der Waals surface area contributed by atoms with Gasteiger partial charge in [0.05, 0.1) is 11.2 Å². The van der Waals surface area contributed by atoms with E-state index in [1.807, 2.05) is 31.9 Å². The number of rotatable bonds is 4. The Labute approximate surface area is 205 Å². The van der Waals surface area contributed by atoms with Crippen molar-refractivity contribution < 1.29 is 9.53 Å². The smallest absolute Gasteiger partial charge is 0.410 e. The Morgan fingerprint density at radius 2 is 1.91 bits per heavy atom. The molecule has 1 N–H and O–H groups in total. The second kappa shape index (κ2) is 9.25. The van der Waals surface area contributed by atoms with E-state index in [1.54, 1.807) is 6.20 Å². The Morgan fingerprint density at radius 1 is 1.18 bits per heavy atom. The van der Waals surface area contributed by atoms with Crippen LogP contribution in [0.25, 0.3) is 22.2 Å². The number of H-pyrrole nitrogens is 1. The number of hydrogen-bond acceptors (Lipinski definition) is 4. The van der Waals surface area contributed by atoms with Gasteiger partial charge in [-0.1, -0.05) is 24.4 Å². The SMILES string of the molecule is CC(C)(C)OC(=O)N1CCC(c2cc3c(-c4cnn(CC5CCCC5)c4)c(Cl)cnc3[nH]2)CC1. The number of nitrogens with one attached hydrogen (secondary N) is 1. The maximum absolute atomic E-state index is 12.4. The average molecular weight is 484 g/mol. The van der Waals surface area contributed by atoms with Crippen LogP contribution in [0.2, 0.25) is 5.02 Å². The van der Waals surface area contributed by atoms with Crippen LogP contribution >= 0.6 is 11.6 Å². The molecule has 3 aromatic heterocycles. The van der Waals surface area contributed by atoms with Gasteiger partial charge in [0.1, 0.15) is 11.2 Å². The van der Waals surface area contributed by atoms with E-state index >= 15 is 0 Å². The Hall–Kier alpha value is -2.54. The van der Waals surface area contributed by atoms with Crippen LogP contribution < -0.4 is 0 Å². The molecule has 1 saturated carbocycles. The zero-order valence-electron chi connectivity index (χ0n) is 20.3. The van der Waals surface area contributed by atoms with Crippen molar-refractivity contribution in [2.45, 2.75) is 77.4 Å². The number of carbonyl (C=O) groups is 1. The summed E-state index contributed by atoms with van der Waals surface area (Å²) < 4.78 is 7.60. The van der Waals surface area contributed by atoms with Crippen molar-refractivity contribution >= 4 is 28.7 Å². The van der Waals surface area contributed by atoms with Crippen LogP contribution in [-0.2, 0) is 11.3 Å². The van der Waals surface area contributed by atoms with Crippen LogP contribution in [0.15, 0.2) is 24.7 Å². The van der Waals surface area contributed by atoms with Crippen molar-refractivity contribution in [3.63, 3.8) is 0 Å². The van der Waals surface area contributed by atoms with Gasteiger partial charge in [0.15, 0.2) is 0 Å². The molecule has 0 unspecified atom stereocenters. The van der Waals surface area contributed by atoms with Crippen LogP contribution in [0, 0.1) is 5.92 Å². The summed E-state index contributed by atoms with van der Waals surface area (Å²) in [6.07, 6.45) is 12.5. The number of aromatic nitrogens is 4. The summed E-state index contributed by atoms with van der Waals surface area (Å²) in [4.78, 5) is 22.3. The lowest BCUT2D eigenvalue weighted by Gasteiger charge is -2.33. The van der Waals surface area contributed by atoms with Gasteiger partial charge in [0, 0.05) is 60.2 Å². The van der Waals surface area contributed by atoms with Crippen LogP contribution in [0.3, 0.4) is 0 Å². The topological polar surface area (TPSA) is 76.0 Å². The van der Waals surface area contributed by atoms with Crippen molar-refractivity contribution in [3.8, 4) is 11.1 Å². The lowest BCUT2D eigenvalue weighted by molar-refractivity contribution is 0.0204. The average Bonchev–Trinajstić information content (AvgIpc) is 3.54. The molecule has 7 nitrogen and oxygen atoms in total. The number of piperidine rings is 1. The standard InChI is InChI=1S/C26H34ClN5O2/c1-26(2,3)34-25(33)31-10-8-18(9-11-31)22-12-20-23(21(27)14-28-24(20)30-22)19-13-29-32(16-19)15-17-6-4-5-7-17/h12-14,16-18H,4-11,15H2,1-3H3,(H,28,30). The quantitative estimate of drug-likeness (QED) is 0.466. The molecule has 0 atom stereocenters. The van der Waals surface area contributed by atoms with Gasteiger partial charge >= 0.3 is 6.09 Å². The predicted octanol–water partition coefficient (Wildman–Crippen LogP) is 6.38. The van der Waals surface area contributed by atoms with Gasteiger partial charge in [-0.2, -0.15) is 5.10 Å². The van der Waals surface area contributed by atoms with E-state index in [4.69, 9.17) is 16.3 Å². The molecule has 1 saturated heterocycles. The minimum Gasteiger partial charge on any atom is -0.444 e. The van der Waals surface area contributed by atoms with Gasteiger partial charge in [-0.15, -0.1) is 0 Å². The largest absolute Gasteiger partial charge is 0.444 e. The predicted molar refractivity (Wildman–Crippen MR) is 134 cm³/mol. The van der Waals surface area contributed by atoms with E-state index in [2.05, 4.69) is 32.0 Å². The summed E-state index contributed by atoms with van der Waals surface area (Å²) in [5.41, 5.74) is 3.52. The van der Waals surface area contributed by atoms with Crippen LogP contribution in [0.5, 0.6) is 0 Å². The van der Waals surface area contributed by atoms with Crippen molar-refractivity contribution in [2.24, 2.45) is 5.92 Å². The molecule has 0 spiro atoms. The van der Waals surface area contributed by atoms with E-state index in [1.165, 1.54) is 25.7 Å². The first-order chi connectivity index (χ1) is 16.3. The number of aromatic amines is 1. The molecule has 1 amide bonds. The number of halogens is 1. The second-order valence-electron chi connectivity index (χ2n) is 10.8. The normalized spacial score (nSPS) is 18.2. The van der Waals surface area contributed by atoms with Crippen LogP contribution in [0.1, 0.15) is 70.9 Å². The zero-order valence-corrected chi connectivity index (χ0v) is 21.1. The second-order valence-corrected chi connectivity index (χ2v) is 11.2. The van der Waals surface area contributed by atoms with Gasteiger partial charge in [-0.3, -0.25) is 4.68 Å². The highest BCUT2D eigenvalue weighted by molar-refractivity contribution is 6.34. The summed E-state index contributed by atoms with van der Waals surface area (Å²) >= 11 is 6.65. The molecule has 0 aromatic carbocycles. The number of fused-ring (bicyclic) bond motifs is 1. The molecule has 1 aliphatic heterocycles. The van der Waals surface area contributed by atoms with Gasteiger partial charge < -0.3 is 14.6 Å². The summed E-state index contributed by atoms with van der Waals surface area (Å²) in [6, 6.07) is 2.19. The monoisotopic (exact) mass is 483 g/mol. The number of likely N-dealkylation sites (tertiary alicyclic amines) is 1. The van der Waals surface area contributed by atoms with Gasteiger partial charge in [-0.25, -0.2) is 9.78 Å². The molecule has 2 aliphatic rings. The van der Waals surface area contributed by atoms with E-state index in [-0.39, 0.29) is 6.09 Å². The van der Waals surface area contributed by atoms with Crippen molar-refractivity contribution in [3.05, 3.63) is 35.4 Å². The maximum Gasteiger partial charge on any atom is 0.410 e. The van der Waals surface area contributed by atoms with Gasteiger partial charge in [0.25, 0.3) is 0 Å². The molecular formula is C26H34ClN5O2. The molecule has 34 heavy (non-hydrogen) atoms. The molecule has 3 aromatic rings. The Kier molecular flexibility index (Phi) is 6.32. The van der Waals surface area contributed by atoms with E-state index in [0.29, 0.717) is 24.0 Å². The molecule has 0 bridgehead atoms. The fourth-order valence-corrected chi connectivity index (χ4v) is 5.59.